The molecular formula is C9H15NO5. The van der Waals surface area contributed by atoms with Crippen LogP contribution in [0.2, 0.25) is 0 Å². The summed E-state index contributed by atoms with van der Waals surface area (Å²) < 4.78 is 9.52. The summed E-state index contributed by atoms with van der Waals surface area (Å²) in [4.78, 5) is 15.0. The quantitative estimate of drug-likeness (QED) is 0.163. The minimum Gasteiger partial charge on any atom is -0.430 e. The number of nitrogens with zero attached hydrogens (tertiary/aromatic N) is 1. The predicted octanol–water partition coefficient (Wildman–Crippen LogP) is 0.0729. The van der Waals surface area contributed by atoms with Gasteiger partial charge in [0.15, 0.2) is 5.71 Å². The van der Waals surface area contributed by atoms with Gasteiger partial charge in [0.05, 0.1) is 13.2 Å². The monoisotopic (exact) mass is 217 g/mol. The van der Waals surface area contributed by atoms with E-state index in [1.54, 1.807) is 6.08 Å². The average molecular weight is 217 g/mol. The zero-order valence-corrected chi connectivity index (χ0v) is 8.80. The van der Waals surface area contributed by atoms with Crippen LogP contribution in [0.5, 0.6) is 0 Å². The summed E-state index contributed by atoms with van der Waals surface area (Å²) in [5, 5.41) is 12.8. The molecule has 1 unspecified atom stereocenters. The maximum absolute atomic E-state index is 10.6. The van der Waals surface area contributed by atoms with Crippen molar-refractivity contribution in [2.24, 2.45) is 5.16 Å². The number of hydrogen-bond donors (Lipinski definition) is 1. The van der Waals surface area contributed by atoms with Gasteiger partial charge in [0.2, 0.25) is 6.29 Å². The number of carbonyl (C=O) groups is 1. The molecule has 6 heteroatoms. The van der Waals surface area contributed by atoms with E-state index < -0.39 is 12.3 Å². The molecule has 0 rings (SSSR count). The number of esters is 1. The molecule has 0 aliphatic heterocycles. The van der Waals surface area contributed by atoms with Gasteiger partial charge in [-0.15, -0.1) is 6.58 Å². The van der Waals surface area contributed by atoms with Crippen molar-refractivity contribution < 1.29 is 24.2 Å². The predicted molar refractivity (Wildman–Crippen MR) is 53.2 cm³/mol. The molecule has 0 spiro atoms. The van der Waals surface area contributed by atoms with Gasteiger partial charge in [-0.05, 0) is 0 Å². The van der Waals surface area contributed by atoms with Gasteiger partial charge in [-0.25, -0.2) is 0 Å². The topological polar surface area (TPSA) is 77.3 Å². The Labute approximate surface area is 88.1 Å². The van der Waals surface area contributed by atoms with E-state index in [-0.39, 0.29) is 12.3 Å². The molecule has 0 radical (unpaired) electrons. The van der Waals surface area contributed by atoms with Gasteiger partial charge in [0, 0.05) is 6.92 Å². The standard InChI is InChI=1S/C9H15NO5/c1-4-5-14-6-8(10-13-3)9(12)15-7(2)11/h4,9,12H,1,5-6H2,2-3H3. The first-order valence-corrected chi connectivity index (χ1v) is 4.25. The Bertz CT molecular complexity index is 239. The molecular weight excluding hydrogens is 202 g/mol. The molecule has 0 aliphatic rings. The van der Waals surface area contributed by atoms with Gasteiger partial charge in [0.25, 0.3) is 0 Å². The fourth-order valence-corrected chi connectivity index (χ4v) is 0.732. The lowest BCUT2D eigenvalue weighted by molar-refractivity contribution is -0.155. The maximum Gasteiger partial charge on any atom is 0.305 e. The van der Waals surface area contributed by atoms with Crippen LogP contribution in [0.4, 0.5) is 0 Å². The van der Waals surface area contributed by atoms with Gasteiger partial charge >= 0.3 is 5.97 Å². The van der Waals surface area contributed by atoms with E-state index in [1.165, 1.54) is 14.0 Å². The van der Waals surface area contributed by atoms with Crippen molar-refractivity contribution in [1.82, 2.24) is 0 Å². The van der Waals surface area contributed by atoms with Crippen molar-refractivity contribution >= 4 is 11.7 Å². The number of oxime groups is 1. The number of hydrogen-bond acceptors (Lipinski definition) is 6. The first-order valence-electron chi connectivity index (χ1n) is 4.25. The van der Waals surface area contributed by atoms with E-state index in [1.807, 2.05) is 0 Å². The second kappa shape index (κ2) is 7.95. The van der Waals surface area contributed by atoms with Crippen LogP contribution in [0.15, 0.2) is 17.8 Å². The number of ether oxygens (including phenoxy) is 2. The molecule has 1 N–H and O–H groups in total. The highest BCUT2D eigenvalue weighted by atomic mass is 16.6. The van der Waals surface area contributed by atoms with Crippen LogP contribution in [0, 0.1) is 0 Å². The minimum atomic E-state index is -1.45. The Morgan fingerprint density at radius 1 is 1.67 bits per heavy atom. The highest BCUT2D eigenvalue weighted by Gasteiger charge is 2.16. The summed E-state index contributed by atoms with van der Waals surface area (Å²) in [6, 6.07) is 0. The lowest BCUT2D eigenvalue weighted by Gasteiger charge is -2.12. The Morgan fingerprint density at radius 3 is 2.80 bits per heavy atom. The van der Waals surface area contributed by atoms with E-state index in [9.17, 15) is 9.90 Å². The van der Waals surface area contributed by atoms with Crippen LogP contribution in [0.3, 0.4) is 0 Å². The zero-order chi connectivity index (χ0) is 11.7. The molecule has 0 aromatic carbocycles. The summed E-state index contributed by atoms with van der Waals surface area (Å²) >= 11 is 0. The third kappa shape index (κ3) is 6.64. The molecule has 15 heavy (non-hydrogen) atoms. The van der Waals surface area contributed by atoms with Gasteiger partial charge < -0.3 is 19.4 Å². The van der Waals surface area contributed by atoms with Gasteiger partial charge in [-0.2, -0.15) is 0 Å². The molecule has 0 heterocycles. The Hall–Kier alpha value is -1.40. The lowest BCUT2D eigenvalue weighted by Crippen LogP contribution is -2.30. The zero-order valence-electron chi connectivity index (χ0n) is 8.80. The fraction of sp³-hybridized carbons (Fsp3) is 0.556. The van der Waals surface area contributed by atoms with Crippen LogP contribution in [0.1, 0.15) is 6.92 Å². The summed E-state index contributed by atoms with van der Waals surface area (Å²) in [7, 11) is 1.31. The number of rotatable bonds is 7. The number of aliphatic hydroxyl groups excluding tert-OH is 1. The smallest absolute Gasteiger partial charge is 0.305 e. The van der Waals surface area contributed by atoms with E-state index in [0.717, 1.165) is 0 Å². The van der Waals surface area contributed by atoms with E-state index in [4.69, 9.17) is 4.74 Å². The van der Waals surface area contributed by atoms with E-state index in [0.29, 0.717) is 6.61 Å². The molecule has 86 valence electrons. The van der Waals surface area contributed by atoms with Crippen molar-refractivity contribution in [1.29, 1.82) is 0 Å². The van der Waals surface area contributed by atoms with Crippen molar-refractivity contribution in [3.8, 4) is 0 Å². The number of carbonyl (C=O) groups excluding carboxylic acids is 1. The molecule has 1 atom stereocenters. The third-order valence-corrected chi connectivity index (χ3v) is 1.26. The van der Waals surface area contributed by atoms with Gasteiger partial charge in [-0.1, -0.05) is 11.2 Å². The summed E-state index contributed by atoms with van der Waals surface area (Å²) in [6.07, 6.45) is 0.0927. The van der Waals surface area contributed by atoms with Crippen LogP contribution < -0.4 is 0 Å². The highest BCUT2D eigenvalue weighted by molar-refractivity contribution is 5.89. The molecule has 0 saturated carbocycles. The van der Waals surface area contributed by atoms with Crippen molar-refractivity contribution in [2.75, 3.05) is 20.3 Å². The van der Waals surface area contributed by atoms with Crippen molar-refractivity contribution in [2.45, 2.75) is 13.2 Å². The molecule has 0 amide bonds. The van der Waals surface area contributed by atoms with Crippen LogP contribution in [-0.2, 0) is 19.1 Å². The van der Waals surface area contributed by atoms with Crippen molar-refractivity contribution in [3.63, 3.8) is 0 Å². The SMILES string of the molecule is C=CCOCC(=NOC)C(O)OC(C)=O. The molecule has 0 fully saturated rings. The molecule has 0 aromatic rings. The Morgan fingerprint density at radius 2 is 2.33 bits per heavy atom. The van der Waals surface area contributed by atoms with E-state index >= 15 is 0 Å². The lowest BCUT2D eigenvalue weighted by atomic mass is 10.4. The molecule has 0 aliphatic carbocycles. The number of aliphatic hydroxyl groups is 1. The van der Waals surface area contributed by atoms with Crippen LogP contribution >= 0.6 is 0 Å². The second-order valence-corrected chi connectivity index (χ2v) is 2.53. The summed E-state index contributed by atoms with van der Waals surface area (Å²) in [5.74, 6) is -0.616. The van der Waals surface area contributed by atoms with Gasteiger partial charge in [-0.3, -0.25) is 4.79 Å². The van der Waals surface area contributed by atoms with Crippen LogP contribution in [-0.4, -0.2) is 43.4 Å². The molecule has 0 saturated heterocycles. The Balaban J connectivity index is 4.18. The highest BCUT2D eigenvalue weighted by Crippen LogP contribution is 1.95. The van der Waals surface area contributed by atoms with E-state index in [2.05, 4.69) is 21.3 Å². The van der Waals surface area contributed by atoms with Crippen LogP contribution in [0.25, 0.3) is 0 Å². The largest absolute Gasteiger partial charge is 0.430 e. The molecule has 0 bridgehead atoms. The maximum atomic E-state index is 10.6. The van der Waals surface area contributed by atoms with Crippen molar-refractivity contribution in [3.05, 3.63) is 12.7 Å². The summed E-state index contributed by atoms with van der Waals surface area (Å²) in [6.45, 7) is 4.93. The first-order chi connectivity index (χ1) is 7.11. The normalized spacial score (nSPS) is 13.1. The summed E-state index contributed by atoms with van der Waals surface area (Å²) in [5.41, 5.74) is 0.0783. The fourth-order valence-electron chi connectivity index (χ4n) is 0.732. The Kier molecular flexibility index (Phi) is 7.21. The second-order valence-electron chi connectivity index (χ2n) is 2.53. The average Bonchev–Trinajstić information content (AvgIpc) is 2.15. The molecule has 0 aromatic heterocycles. The molecule has 6 nitrogen and oxygen atoms in total. The third-order valence-electron chi connectivity index (χ3n) is 1.26. The first kappa shape index (κ1) is 13.6. The minimum absolute atomic E-state index is 0.00565. The van der Waals surface area contributed by atoms with Gasteiger partial charge in [0.1, 0.15) is 7.11 Å².